The van der Waals surface area contributed by atoms with E-state index in [9.17, 15) is 35.7 Å². The molecule has 12 heteroatoms. The van der Waals surface area contributed by atoms with Gasteiger partial charge in [0.25, 0.3) is 0 Å². The van der Waals surface area contributed by atoms with Crippen LogP contribution in [0.1, 0.15) is 0 Å². The average molecular weight is 450 g/mol. The lowest BCUT2D eigenvalue weighted by atomic mass is 9.97. The molecule has 10 atom stereocenters. The van der Waals surface area contributed by atoms with Crippen LogP contribution in [0.3, 0.4) is 0 Å². The fourth-order valence-electron chi connectivity index (χ4n) is 3.31. The minimum Gasteiger partial charge on any atom is -0.462 e. The van der Waals surface area contributed by atoms with Gasteiger partial charge in [-0.25, -0.2) is 0 Å². The number of hydrogen-bond donors (Lipinski definition) is 8. The van der Waals surface area contributed by atoms with E-state index in [0.717, 1.165) is 0 Å². The molecular formula is C18H26O11S. The Morgan fingerprint density at radius 1 is 0.733 bits per heavy atom. The van der Waals surface area contributed by atoms with E-state index in [-0.39, 0.29) is 0 Å². The minimum atomic E-state index is -1.72. The molecule has 0 unspecified atom stereocenters. The van der Waals surface area contributed by atoms with E-state index in [1.54, 1.807) is 24.3 Å². The molecule has 170 valence electrons. The second kappa shape index (κ2) is 10.1. The quantitative estimate of drug-likeness (QED) is 0.207. The van der Waals surface area contributed by atoms with Crippen molar-refractivity contribution in [3.63, 3.8) is 0 Å². The first-order valence-electron chi connectivity index (χ1n) is 9.31. The fourth-order valence-corrected chi connectivity index (χ4v) is 3.46. The lowest BCUT2D eigenvalue weighted by molar-refractivity contribution is -0.352. The van der Waals surface area contributed by atoms with Crippen molar-refractivity contribution in [1.29, 1.82) is 0 Å². The van der Waals surface area contributed by atoms with Crippen molar-refractivity contribution in [2.24, 2.45) is 0 Å². The molecule has 2 aliphatic rings. The maximum absolute atomic E-state index is 10.5. The number of aliphatic hydroxyl groups is 7. The van der Waals surface area contributed by atoms with Crippen LogP contribution in [0.5, 0.6) is 5.75 Å². The Kier molecular flexibility index (Phi) is 7.92. The van der Waals surface area contributed by atoms with E-state index in [4.69, 9.17) is 18.9 Å². The van der Waals surface area contributed by atoms with Crippen molar-refractivity contribution < 1.29 is 54.7 Å². The zero-order valence-corrected chi connectivity index (χ0v) is 16.6. The van der Waals surface area contributed by atoms with Crippen molar-refractivity contribution in [3.05, 3.63) is 24.3 Å². The van der Waals surface area contributed by atoms with Crippen molar-refractivity contribution >= 4 is 12.6 Å². The van der Waals surface area contributed by atoms with Gasteiger partial charge in [-0.05, 0) is 24.3 Å². The summed E-state index contributed by atoms with van der Waals surface area (Å²) in [5.41, 5.74) is 0. The molecule has 1 aromatic carbocycles. The molecule has 7 N–H and O–H groups in total. The normalized spacial score (nSPS) is 42.1. The highest BCUT2D eigenvalue weighted by atomic mass is 32.1. The van der Waals surface area contributed by atoms with E-state index in [0.29, 0.717) is 10.6 Å². The fraction of sp³-hybridized carbons (Fsp3) is 0.667. The van der Waals surface area contributed by atoms with Crippen molar-refractivity contribution in [1.82, 2.24) is 0 Å². The molecule has 0 aliphatic carbocycles. The molecule has 0 spiro atoms. The van der Waals surface area contributed by atoms with Gasteiger partial charge in [-0.1, -0.05) is 0 Å². The maximum atomic E-state index is 10.5. The zero-order valence-electron chi connectivity index (χ0n) is 15.7. The molecule has 1 aromatic rings. The topological polar surface area (TPSA) is 179 Å². The Labute approximate surface area is 177 Å². The largest absolute Gasteiger partial charge is 0.462 e. The molecule has 2 fully saturated rings. The summed E-state index contributed by atoms with van der Waals surface area (Å²) < 4.78 is 21.8. The zero-order chi connectivity index (χ0) is 22.0. The summed E-state index contributed by atoms with van der Waals surface area (Å²) in [6, 6.07) is 6.46. The van der Waals surface area contributed by atoms with Crippen molar-refractivity contribution in [2.45, 2.75) is 66.3 Å². The van der Waals surface area contributed by atoms with E-state index in [1.807, 2.05) is 0 Å². The van der Waals surface area contributed by atoms with Crippen LogP contribution in [-0.2, 0) is 14.2 Å². The first-order chi connectivity index (χ1) is 14.3. The standard InChI is InChI=1S/C18H26O11S/c19-5-9-11(21)12(22)14(24)18(27-9)29-16-10(6-20)28-17(15(25)13(16)23)26-7-1-3-8(30)4-2-7/h1-4,9-25,30H,5-6H2/t9-,10-,11+,12+,13-,14-,15-,16-,17-,18+/m1/s1. The van der Waals surface area contributed by atoms with Crippen LogP contribution in [-0.4, -0.2) is 110 Å². The second-order valence-corrected chi connectivity index (χ2v) is 7.63. The van der Waals surface area contributed by atoms with Crippen molar-refractivity contribution in [2.75, 3.05) is 13.2 Å². The van der Waals surface area contributed by atoms with Crippen LogP contribution < -0.4 is 4.74 Å². The third-order valence-electron chi connectivity index (χ3n) is 5.05. The number of hydrogen-bond acceptors (Lipinski definition) is 12. The van der Waals surface area contributed by atoms with Gasteiger partial charge in [-0.2, -0.15) is 0 Å². The highest BCUT2D eigenvalue weighted by Gasteiger charge is 2.51. The highest BCUT2D eigenvalue weighted by Crippen LogP contribution is 2.30. The molecule has 0 saturated carbocycles. The van der Waals surface area contributed by atoms with E-state index < -0.39 is 74.6 Å². The third-order valence-corrected chi connectivity index (χ3v) is 5.35. The number of rotatable bonds is 6. The summed E-state index contributed by atoms with van der Waals surface area (Å²) in [6.07, 6.45) is -14.9. The van der Waals surface area contributed by atoms with Crippen molar-refractivity contribution in [3.8, 4) is 5.75 Å². The first-order valence-corrected chi connectivity index (χ1v) is 9.75. The molecule has 0 aromatic heterocycles. The molecule has 0 bridgehead atoms. The number of ether oxygens (including phenoxy) is 4. The Morgan fingerprint density at radius 2 is 1.30 bits per heavy atom. The van der Waals surface area contributed by atoms with Crippen LogP contribution in [0.15, 0.2) is 29.2 Å². The summed E-state index contributed by atoms with van der Waals surface area (Å²) in [5, 5.41) is 69.7. The monoisotopic (exact) mass is 450 g/mol. The van der Waals surface area contributed by atoms with Gasteiger partial charge in [-0.3, -0.25) is 0 Å². The first kappa shape index (κ1) is 23.6. The highest BCUT2D eigenvalue weighted by molar-refractivity contribution is 7.80. The predicted molar refractivity (Wildman–Crippen MR) is 101 cm³/mol. The van der Waals surface area contributed by atoms with Crippen LogP contribution in [0.25, 0.3) is 0 Å². The number of thiol groups is 1. The predicted octanol–water partition coefficient (Wildman–Crippen LogP) is -3.02. The lowest BCUT2D eigenvalue weighted by Crippen LogP contribution is -2.65. The number of benzene rings is 1. The summed E-state index contributed by atoms with van der Waals surface area (Å²) >= 11 is 4.16. The molecule has 2 saturated heterocycles. The van der Waals surface area contributed by atoms with E-state index in [1.165, 1.54) is 0 Å². The lowest BCUT2D eigenvalue weighted by Gasteiger charge is -2.45. The number of aliphatic hydroxyl groups excluding tert-OH is 7. The summed E-state index contributed by atoms with van der Waals surface area (Å²) in [7, 11) is 0. The summed E-state index contributed by atoms with van der Waals surface area (Å²) in [5.74, 6) is 0.328. The molecule has 11 nitrogen and oxygen atoms in total. The summed E-state index contributed by atoms with van der Waals surface area (Å²) in [4.78, 5) is 0.689. The van der Waals surface area contributed by atoms with Gasteiger partial charge in [0, 0.05) is 4.90 Å². The van der Waals surface area contributed by atoms with Crippen LogP contribution in [0, 0.1) is 0 Å². The van der Waals surface area contributed by atoms with E-state index >= 15 is 0 Å². The van der Waals surface area contributed by atoms with Crippen LogP contribution in [0.2, 0.25) is 0 Å². The minimum absolute atomic E-state index is 0.328. The SMILES string of the molecule is OC[C@H]1O[C@@H](O[C@H]2[C@H](O)[C@@H](O)[C@H](Oc3ccc(S)cc3)O[C@@H]2CO)[C@H](O)[C@@H](O)[C@H]1O. The average Bonchev–Trinajstić information content (AvgIpc) is 2.74. The van der Waals surface area contributed by atoms with Gasteiger partial charge in [0.15, 0.2) is 6.29 Å². The molecule has 30 heavy (non-hydrogen) atoms. The third kappa shape index (κ3) is 4.89. The van der Waals surface area contributed by atoms with Gasteiger partial charge in [0.1, 0.15) is 54.6 Å². The molecule has 0 radical (unpaired) electrons. The molecule has 2 aliphatic heterocycles. The van der Waals surface area contributed by atoms with Gasteiger partial charge >= 0.3 is 0 Å². The Bertz CT molecular complexity index is 673. The second-order valence-electron chi connectivity index (χ2n) is 7.12. The Balaban J connectivity index is 1.71. The molecule has 2 heterocycles. The summed E-state index contributed by atoms with van der Waals surface area (Å²) in [6.45, 7) is -1.30. The van der Waals surface area contributed by atoms with Gasteiger partial charge in [-0.15, -0.1) is 12.6 Å². The molecule has 0 amide bonds. The Hall–Kier alpha value is -1.03. The smallest absolute Gasteiger partial charge is 0.229 e. The molecule has 3 rings (SSSR count). The Morgan fingerprint density at radius 3 is 1.90 bits per heavy atom. The van der Waals surface area contributed by atoms with Crippen LogP contribution >= 0.6 is 12.6 Å². The van der Waals surface area contributed by atoms with E-state index in [2.05, 4.69) is 12.6 Å². The van der Waals surface area contributed by atoms with Crippen LogP contribution in [0.4, 0.5) is 0 Å². The molecular weight excluding hydrogens is 424 g/mol. The van der Waals surface area contributed by atoms with Gasteiger partial charge in [0.05, 0.1) is 13.2 Å². The maximum Gasteiger partial charge on any atom is 0.229 e. The van der Waals surface area contributed by atoms with Gasteiger partial charge < -0.3 is 54.7 Å². The van der Waals surface area contributed by atoms with Gasteiger partial charge in [0.2, 0.25) is 6.29 Å².